The van der Waals surface area contributed by atoms with Crippen LogP contribution in [0.3, 0.4) is 0 Å². The van der Waals surface area contributed by atoms with Gasteiger partial charge in [0.1, 0.15) is 18.0 Å². The molecule has 1 aliphatic heterocycles. The smallest absolute Gasteiger partial charge is 0.192 e. The van der Waals surface area contributed by atoms with Crippen molar-refractivity contribution in [2.24, 2.45) is 11.8 Å². The molecule has 8 atom stereocenters. The molecule has 1 aromatic carbocycles. The zero-order valence-electron chi connectivity index (χ0n) is 36.4. The Kier molecular flexibility index (Phi) is 16.6. The second-order valence-electron chi connectivity index (χ2n) is 20.1. The molecule has 52 heavy (non-hydrogen) atoms. The average Bonchev–Trinajstić information content (AvgIpc) is 2.99. The molecule has 1 heterocycles. The molecule has 0 saturated carbocycles. The Bertz CT molecular complexity index is 1270. The first-order chi connectivity index (χ1) is 23.5. The highest BCUT2D eigenvalue weighted by Crippen LogP contribution is 2.44. The van der Waals surface area contributed by atoms with Gasteiger partial charge < -0.3 is 32.6 Å². The Morgan fingerprint density at radius 2 is 1.31 bits per heavy atom. The van der Waals surface area contributed by atoms with Crippen LogP contribution in [0.1, 0.15) is 101 Å². The SMILES string of the molecule is C#C[C@@H](OCc1ccc(OC)cc1)[C@@H](C)CC(O)C[C@H](C)[C@@H]1O[C@H](CO[Si](C)(C)C(C)(C)C)[C@H](O[Si](C)(C)C(C)(C)C)C[C@@H]1O[Si](C)(C)C(C)(C)C. The van der Waals surface area contributed by atoms with Crippen LogP contribution in [0.15, 0.2) is 24.3 Å². The summed E-state index contributed by atoms with van der Waals surface area (Å²) < 4.78 is 39.9. The van der Waals surface area contributed by atoms with Crippen LogP contribution < -0.4 is 4.74 Å². The number of ether oxygens (including phenoxy) is 3. The summed E-state index contributed by atoms with van der Waals surface area (Å²) in [6, 6.07) is 7.79. The van der Waals surface area contributed by atoms with Crippen LogP contribution in [0.25, 0.3) is 0 Å². The van der Waals surface area contributed by atoms with Crippen LogP contribution in [0.5, 0.6) is 5.75 Å². The molecule has 0 bridgehead atoms. The van der Waals surface area contributed by atoms with E-state index in [-0.39, 0.29) is 51.4 Å². The summed E-state index contributed by atoms with van der Waals surface area (Å²) in [4.78, 5) is 0. The van der Waals surface area contributed by atoms with Gasteiger partial charge in [-0.1, -0.05) is 94.2 Å². The minimum absolute atomic E-state index is 0.0191. The molecular formula is C42H78O7Si3. The molecule has 1 aromatic rings. The zero-order chi connectivity index (χ0) is 40.1. The lowest BCUT2D eigenvalue weighted by Gasteiger charge is -2.51. The molecule has 0 aromatic heterocycles. The number of hydrogen-bond donors (Lipinski definition) is 1. The lowest BCUT2D eigenvalue weighted by Crippen LogP contribution is -2.60. The Balaban J connectivity index is 2.34. The molecule has 1 N–H and O–H groups in total. The topological polar surface area (TPSA) is 75.6 Å². The largest absolute Gasteiger partial charge is 0.497 e. The van der Waals surface area contributed by atoms with Crippen LogP contribution in [0, 0.1) is 24.2 Å². The minimum atomic E-state index is -2.19. The maximum atomic E-state index is 11.6. The lowest BCUT2D eigenvalue weighted by molar-refractivity contribution is -0.187. The van der Waals surface area contributed by atoms with Crippen molar-refractivity contribution in [1.29, 1.82) is 0 Å². The number of aliphatic hydroxyl groups excluding tert-OH is 1. The fourth-order valence-corrected chi connectivity index (χ4v) is 9.61. The molecule has 10 heteroatoms. The van der Waals surface area contributed by atoms with Gasteiger partial charge in [-0.3, -0.25) is 0 Å². The average molecular weight is 779 g/mol. The summed E-state index contributed by atoms with van der Waals surface area (Å²) in [6.07, 6.45) is 6.02. The molecule has 1 aliphatic rings. The van der Waals surface area contributed by atoms with Crippen LogP contribution in [0.4, 0.5) is 0 Å². The van der Waals surface area contributed by atoms with Gasteiger partial charge in [-0.15, -0.1) is 6.42 Å². The molecule has 1 fully saturated rings. The van der Waals surface area contributed by atoms with Crippen molar-refractivity contribution < 1.29 is 32.6 Å². The maximum Gasteiger partial charge on any atom is 0.192 e. The molecule has 2 rings (SSSR count). The van der Waals surface area contributed by atoms with E-state index in [9.17, 15) is 5.11 Å². The van der Waals surface area contributed by atoms with Gasteiger partial charge in [0.25, 0.3) is 0 Å². The standard InChI is InChI=1S/C42H78O7Si3/c1-20-35(45-28-32-21-23-34(44-13)24-22-32)30(2)25-33(43)26-31(3)39-37(49-52(18,19)42(10,11)12)27-36(48-51(16,17)41(7,8)9)38(47-39)29-46-50(14,15)40(4,5)6/h1,21-24,30-31,33,35-39,43H,25-29H2,2-19H3/t30-,31-,33?,35+,36+,37-,38+,39-/m0/s1. The molecule has 0 spiro atoms. The normalized spacial score (nSPS) is 23.4. The molecule has 0 radical (unpaired) electrons. The van der Waals surface area contributed by atoms with Gasteiger partial charge in [0.2, 0.25) is 0 Å². The second-order valence-corrected chi connectivity index (χ2v) is 34.4. The first-order valence-electron chi connectivity index (χ1n) is 19.6. The first-order valence-corrected chi connectivity index (χ1v) is 28.3. The van der Waals surface area contributed by atoms with Crippen LogP contribution in [-0.2, 0) is 29.4 Å². The van der Waals surface area contributed by atoms with E-state index in [0.29, 0.717) is 26.1 Å². The van der Waals surface area contributed by atoms with Crippen molar-refractivity contribution in [3.8, 4) is 18.1 Å². The second kappa shape index (κ2) is 18.3. The summed E-state index contributed by atoms with van der Waals surface area (Å²) in [6.45, 7) is 39.5. The summed E-state index contributed by atoms with van der Waals surface area (Å²) in [5, 5.41) is 11.7. The van der Waals surface area contributed by atoms with E-state index >= 15 is 0 Å². The minimum Gasteiger partial charge on any atom is -0.497 e. The van der Waals surface area contributed by atoms with Gasteiger partial charge in [-0.25, -0.2) is 0 Å². The Labute approximate surface area is 323 Å². The lowest BCUT2D eigenvalue weighted by atomic mass is 9.85. The van der Waals surface area contributed by atoms with E-state index in [4.69, 9.17) is 33.9 Å². The molecule has 300 valence electrons. The van der Waals surface area contributed by atoms with Crippen molar-refractivity contribution in [1.82, 2.24) is 0 Å². The third-order valence-corrected chi connectivity index (χ3v) is 26.1. The van der Waals surface area contributed by atoms with Gasteiger partial charge in [0.15, 0.2) is 25.0 Å². The van der Waals surface area contributed by atoms with Crippen molar-refractivity contribution in [3.63, 3.8) is 0 Å². The fourth-order valence-electron chi connectivity index (χ4n) is 5.89. The summed E-state index contributed by atoms with van der Waals surface area (Å²) in [5.74, 6) is 3.60. The molecule has 1 unspecified atom stereocenters. The summed E-state index contributed by atoms with van der Waals surface area (Å²) in [7, 11) is -4.74. The third-order valence-electron chi connectivity index (χ3n) is 12.6. The molecule has 1 saturated heterocycles. The highest BCUT2D eigenvalue weighted by Gasteiger charge is 2.50. The number of terminal acetylenes is 1. The van der Waals surface area contributed by atoms with Gasteiger partial charge in [-0.05, 0) is 96.8 Å². The number of hydrogen-bond acceptors (Lipinski definition) is 7. The highest BCUT2D eigenvalue weighted by molar-refractivity contribution is 6.75. The summed E-state index contributed by atoms with van der Waals surface area (Å²) >= 11 is 0. The molecular weight excluding hydrogens is 701 g/mol. The molecule has 0 aliphatic carbocycles. The molecule has 7 nitrogen and oxygen atoms in total. The Morgan fingerprint density at radius 3 is 1.77 bits per heavy atom. The fraction of sp³-hybridized carbons (Fsp3) is 0.810. The van der Waals surface area contributed by atoms with E-state index in [1.807, 2.05) is 24.3 Å². The molecule has 0 amide bonds. The highest BCUT2D eigenvalue weighted by atomic mass is 28.4. The maximum absolute atomic E-state index is 11.6. The van der Waals surface area contributed by atoms with Crippen LogP contribution in [0.2, 0.25) is 54.4 Å². The van der Waals surface area contributed by atoms with Gasteiger partial charge in [0.05, 0.1) is 44.7 Å². The van der Waals surface area contributed by atoms with Gasteiger partial charge >= 0.3 is 0 Å². The van der Waals surface area contributed by atoms with E-state index < -0.39 is 37.2 Å². The Hall–Kier alpha value is -1.01. The zero-order valence-corrected chi connectivity index (χ0v) is 39.4. The third kappa shape index (κ3) is 13.0. The number of rotatable bonds is 17. The van der Waals surface area contributed by atoms with Crippen LogP contribution in [-0.4, -0.2) is 80.4 Å². The van der Waals surface area contributed by atoms with Crippen molar-refractivity contribution in [3.05, 3.63) is 29.8 Å². The van der Waals surface area contributed by atoms with Crippen molar-refractivity contribution >= 4 is 25.0 Å². The predicted octanol–water partition coefficient (Wildman–Crippen LogP) is 10.6. The first kappa shape index (κ1) is 47.1. The number of benzene rings is 1. The quantitative estimate of drug-likeness (QED) is 0.125. The van der Waals surface area contributed by atoms with Gasteiger partial charge in [0, 0.05) is 6.42 Å². The van der Waals surface area contributed by atoms with E-state index in [0.717, 1.165) is 17.7 Å². The monoisotopic (exact) mass is 779 g/mol. The van der Waals surface area contributed by atoms with Crippen LogP contribution >= 0.6 is 0 Å². The van der Waals surface area contributed by atoms with Crippen molar-refractivity contribution in [2.75, 3.05) is 13.7 Å². The van der Waals surface area contributed by atoms with Crippen molar-refractivity contribution in [2.45, 2.75) is 193 Å². The van der Waals surface area contributed by atoms with E-state index in [2.05, 4.69) is 121 Å². The summed E-state index contributed by atoms with van der Waals surface area (Å²) in [5.41, 5.74) is 1.02. The van der Waals surface area contributed by atoms with E-state index in [1.54, 1.807) is 7.11 Å². The predicted molar refractivity (Wildman–Crippen MR) is 225 cm³/mol. The number of aliphatic hydroxyl groups is 1. The van der Waals surface area contributed by atoms with Gasteiger partial charge in [-0.2, -0.15) is 0 Å². The van der Waals surface area contributed by atoms with E-state index in [1.165, 1.54) is 0 Å². The number of methoxy groups -OCH3 is 1. The Morgan fingerprint density at radius 1 is 0.808 bits per heavy atom.